The van der Waals surface area contributed by atoms with Crippen LogP contribution in [0.15, 0.2) is 167 Å². The van der Waals surface area contributed by atoms with Crippen molar-refractivity contribution in [2.24, 2.45) is 0 Å². The maximum atomic E-state index is 4.45. The van der Waals surface area contributed by atoms with Crippen molar-refractivity contribution in [3.05, 3.63) is 167 Å². The van der Waals surface area contributed by atoms with Gasteiger partial charge in [-0.1, -0.05) is 135 Å². The zero-order chi connectivity index (χ0) is 33.6. The number of aromatic nitrogens is 6. The Morgan fingerprint density at radius 2 is 0.840 bits per heavy atom. The summed E-state index contributed by atoms with van der Waals surface area (Å²) in [6.07, 6.45) is 4.08. The van der Waals surface area contributed by atoms with E-state index in [0.29, 0.717) is 0 Å². The first kappa shape index (κ1) is 30.4. The molecule has 50 heavy (non-hydrogen) atoms. The molecular weight excluding hydrogens is 748 g/mol. The van der Waals surface area contributed by atoms with E-state index in [2.05, 4.69) is 182 Å². The number of rotatable bonds is 3. The van der Waals surface area contributed by atoms with E-state index in [-0.39, 0.29) is 0 Å². The first-order valence-electron chi connectivity index (χ1n) is 16.1. The zero-order valence-corrected chi connectivity index (χ0v) is 29.6. The smallest absolute Gasteiger partial charge is 0.168 e. The van der Waals surface area contributed by atoms with Gasteiger partial charge in [0.15, 0.2) is 22.9 Å². The number of fused-ring (bicyclic) bond motifs is 7. The van der Waals surface area contributed by atoms with E-state index in [9.17, 15) is 0 Å². The van der Waals surface area contributed by atoms with Crippen molar-refractivity contribution in [2.75, 3.05) is 0 Å². The molecule has 0 bridgehead atoms. The number of hydrogen-bond acceptors (Lipinski definition) is 4. The van der Waals surface area contributed by atoms with Crippen molar-refractivity contribution in [3.63, 3.8) is 0 Å². The van der Waals surface area contributed by atoms with Gasteiger partial charge in [-0.2, -0.15) is 0 Å². The summed E-state index contributed by atoms with van der Waals surface area (Å²) < 4.78 is 6.27. The number of nitrogens with zero attached hydrogens (tertiary/aromatic N) is 6. The molecular formula is C42H26Br2N6. The summed E-state index contributed by atoms with van der Waals surface area (Å²) in [6.45, 7) is 0. The Labute approximate surface area is 303 Å². The summed E-state index contributed by atoms with van der Waals surface area (Å²) in [4.78, 5) is 0. The number of pyridine rings is 2. The minimum absolute atomic E-state index is 0.855. The van der Waals surface area contributed by atoms with Crippen molar-refractivity contribution < 1.29 is 0 Å². The topological polar surface area (TPSA) is 60.4 Å². The first-order chi connectivity index (χ1) is 24.6. The van der Waals surface area contributed by atoms with Gasteiger partial charge in [0.1, 0.15) is 0 Å². The van der Waals surface area contributed by atoms with Crippen molar-refractivity contribution in [1.82, 2.24) is 29.2 Å². The highest BCUT2D eigenvalue weighted by Crippen LogP contribution is 2.29. The summed E-state index contributed by atoms with van der Waals surface area (Å²) in [5.41, 5.74) is 6.25. The Morgan fingerprint density at radius 1 is 0.360 bits per heavy atom. The van der Waals surface area contributed by atoms with Gasteiger partial charge in [0, 0.05) is 43.2 Å². The highest BCUT2D eigenvalue weighted by Gasteiger charge is 2.12. The minimum Gasteiger partial charge on any atom is -0.282 e. The molecule has 238 valence electrons. The van der Waals surface area contributed by atoms with Crippen molar-refractivity contribution >= 4 is 75.5 Å². The highest BCUT2D eigenvalue weighted by molar-refractivity contribution is 9.10. The highest BCUT2D eigenvalue weighted by atomic mass is 79.9. The lowest BCUT2D eigenvalue weighted by Gasteiger charge is -2.05. The number of halogens is 2. The molecule has 0 amide bonds. The van der Waals surface area contributed by atoms with Crippen molar-refractivity contribution in [1.29, 1.82) is 0 Å². The Kier molecular flexibility index (Phi) is 7.67. The molecule has 0 saturated heterocycles. The van der Waals surface area contributed by atoms with Crippen LogP contribution in [-0.4, -0.2) is 29.2 Å². The van der Waals surface area contributed by atoms with Crippen LogP contribution in [0.3, 0.4) is 0 Å². The van der Waals surface area contributed by atoms with E-state index < -0.39 is 0 Å². The second-order valence-electron chi connectivity index (χ2n) is 12.0. The van der Waals surface area contributed by atoms with E-state index >= 15 is 0 Å². The van der Waals surface area contributed by atoms with Crippen LogP contribution in [0.4, 0.5) is 0 Å². The van der Waals surface area contributed by atoms with Crippen LogP contribution in [0.5, 0.6) is 0 Å². The fourth-order valence-electron chi connectivity index (χ4n) is 6.44. The fourth-order valence-corrected chi connectivity index (χ4v) is 7.08. The third-order valence-corrected chi connectivity index (χ3v) is 10.0. The molecule has 10 rings (SSSR count). The molecule has 6 nitrogen and oxygen atoms in total. The van der Waals surface area contributed by atoms with Crippen LogP contribution in [0.25, 0.3) is 77.5 Å². The van der Waals surface area contributed by atoms with Crippen LogP contribution in [0, 0.1) is 0 Å². The van der Waals surface area contributed by atoms with Crippen molar-refractivity contribution in [2.45, 2.75) is 0 Å². The molecule has 4 aromatic heterocycles. The lowest BCUT2D eigenvalue weighted by Crippen LogP contribution is -1.90. The maximum Gasteiger partial charge on any atom is 0.168 e. The van der Waals surface area contributed by atoms with E-state index in [0.717, 1.165) is 53.8 Å². The molecule has 0 fully saturated rings. The third-order valence-electron chi connectivity index (χ3n) is 8.98. The molecule has 0 aliphatic rings. The molecule has 0 atom stereocenters. The largest absolute Gasteiger partial charge is 0.282 e. The predicted molar refractivity (Wildman–Crippen MR) is 210 cm³/mol. The Morgan fingerprint density at radius 3 is 1.46 bits per heavy atom. The number of hydrogen-bond donors (Lipinski definition) is 0. The third kappa shape index (κ3) is 5.52. The monoisotopic (exact) mass is 772 g/mol. The molecule has 6 aromatic carbocycles. The minimum atomic E-state index is 0.855. The summed E-state index contributed by atoms with van der Waals surface area (Å²) >= 11 is 7.02. The average molecular weight is 775 g/mol. The second kappa shape index (κ2) is 12.6. The molecule has 0 aliphatic heterocycles. The molecule has 0 saturated carbocycles. The molecule has 8 heteroatoms. The number of benzene rings is 6. The predicted octanol–water partition coefficient (Wildman–Crippen LogP) is 11.4. The van der Waals surface area contributed by atoms with Gasteiger partial charge < -0.3 is 0 Å². The molecule has 4 heterocycles. The van der Waals surface area contributed by atoms with E-state index in [4.69, 9.17) is 0 Å². The van der Waals surface area contributed by atoms with E-state index in [1.54, 1.807) is 0 Å². The molecule has 0 aliphatic carbocycles. The maximum absolute atomic E-state index is 4.45. The Bertz CT molecular complexity index is 2840. The van der Waals surface area contributed by atoms with Crippen LogP contribution >= 0.6 is 31.9 Å². The summed E-state index contributed by atoms with van der Waals surface area (Å²) in [5.74, 6) is 1.71. The molecule has 0 spiro atoms. The normalized spacial score (nSPS) is 11.4. The Hall–Kier alpha value is -5.70. The van der Waals surface area contributed by atoms with Gasteiger partial charge in [-0.3, -0.25) is 8.80 Å². The lowest BCUT2D eigenvalue weighted by atomic mass is 10.0. The molecule has 0 unspecified atom stereocenters. The van der Waals surface area contributed by atoms with Crippen LogP contribution in [0.1, 0.15) is 0 Å². The first-order valence-corrected chi connectivity index (χ1v) is 17.7. The van der Waals surface area contributed by atoms with Gasteiger partial charge in [-0.15, -0.1) is 20.4 Å². The Balaban J connectivity index is 0.000000135. The van der Waals surface area contributed by atoms with E-state index in [1.807, 2.05) is 36.7 Å². The standard InChI is InChI=1S/C22H14BrN3.C20H12BrN3/c23-19-11-9-16(10-12-19)15-5-7-18(8-6-15)21-24-25-22-20-4-2-1-3-17(20)13-14-26(21)22;21-17-8-7-13-5-6-15(11-16(13)12-17)19-22-23-20-18-4-2-1-3-14(18)9-10-24(19)20/h1-14H;1-12H. The molecule has 10 aromatic rings. The molecule has 0 N–H and O–H groups in total. The summed E-state index contributed by atoms with van der Waals surface area (Å²) in [7, 11) is 0. The quantitative estimate of drug-likeness (QED) is 0.179. The molecule has 0 radical (unpaired) electrons. The van der Waals surface area contributed by atoms with Crippen LogP contribution < -0.4 is 0 Å². The van der Waals surface area contributed by atoms with Gasteiger partial charge in [0.2, 0.25) is 0 Å². The lowest BCUT2D eigenvalue weighted by molar-refractivity contribution is 1.11. The van der Waals surface area contributed by atoms with Crippen LogP contribution in [0.2, 0.25) is 0 Å². The van der Waals surface area contributed by atoms with E-state index in [1.165, 1.54) is 32.7 Å². The van der Waals surface area contributed by atoms with Gasteiger partial charge >= 0.3 is 0 Å². The fraction of sp³-hybridized carbons (Fsp3) is 0. The van der Waals surface area contributed by atoms with Gasteiger partial charge in [0.25, 0.3) is 0 Å². The van der Waals surface area contributed by atoms with Gasteiger partial charge in [-0.25, -0.2) is 0 Å². The summed E-state index contributed by atoms with van der Waals surface area (Å²) in [6, 6.07) is 50.2. The van der Waals surface area contributed by atoms with Gasteiger partial charge in [-0.05, 0) is 75.1 Å². The average Bonchev–Trinajstić information content (AvgIpc) is 3.81. The summed E-state index contributed by atoms with van der Waals surface area (Å²) in [5, 5.41) is 24.7. The second-order valence-corrected chi connectivity index (χ2v) is 13.9. The zero-order valence-electron chi connectivity index (χ0n) is 26.5. The van der Waals surface area contributed by atoms with Gasteiger partial charge in [0.05, 0.1) is 0 Å². The SMILES string of the molecule is Brc1ccc(-c2ccc(-c3nnc4c5ccccc5ccn34)cc2)cc1.Brc1ccc2ccc(-c3nnc4c5ccccc5ccn34)cc2c1. The van der Waals surface area contributed by atoms with Crippen LogP contribution in [-0.2, 0) is 0 Å². The van der Waals surface area contributed by atoms with Crippen molar-refractivity contribution in [3.8, 4) is 33.9 Å².